The normalized spacial score (nSPS) is 17.6. The van der Waals surface area contributed by atoms with Gasteiger partial charge in [-0.15, -0.1) is 11.3 Å². The average Bonchev–Trinajstić information content (AvgIpc) is 3.16. The Kier molecular flexibility index (Phi) is 4.06. The van der Waals surface area contributed by atoms with Crippen LogP contribution in [0.5, 0.6) is 0 Å². The number of hydrogen-bond donors (Lipinski definition) is 0. The maximum absolute atomic E-state index is 15.2. The summed E-state index contributed by atoms with van der Waals surface area (Å²) in [6.07, 6.45) is 1.55. The molecule has 0 amide bonds. The molecule has 1 aromatic carbocycles. The molecular formula is C19H15F4N3S. The molecule has 1 aliphatic rings. The Morgan fingerprint density at radius 1 is 1.07 bits per heavy atom. The molecule has 8 heteroatoms. The zero-order valence-corrected chi connectivity index (χ0v) is 15.4. The number of benzene rings is 1. The van der Waals surface area contributed by atoms with E-state index in [0.717, 1.165) is 17.4 Å². The molecule has 0 spiro atoms. The van der Waals surface area contributed by atoms with E-state index in [9.17, 15) is 8.78 Å². The molecule has 0 bridgehead atoms. The molecule has 2 aromatic heterocycles. The second-order valence-corrected chi connectivity index (χ2v) is 7.34. The van der Waals surface area contributed by atoms with Gasteiger partial charge in [0.15, 0.2) is 11.6 Å². The summed E-state index contributed by atoms with van der Waals surface area (Å²) in [5.74, 6) is -5.21. The minimum atomic E-state index is -3.10. The quantitative estimate of drug-likeness (QED) is 0.554. The van der Waals surface area contributed by atoms with Crippen LogP contribution in [-0.4, -0.2) is 21.2 Å². The van der Waals surface area contributed by atoms with Crippen molar-refractivity contribution in [2.75, 3.05) is 0 Å². The van der Waals surface area contributed by atoms with Crippen molar-refractivity contribution in [3.8, 4) is 0 Å². The van der Waals surface area contributed by atoms with Crippen LogP contribution in [0, 0.1) is 11.6 Å². The summed E-state index contributed by atoms with van der Waals surface area (Å²) >= 11 is 1.15. The van der Waals surface area contributed by atoms with Crippen LogP contribution in [0.2, 0.25) is 0 Å². The molecule has 3 nitrogen and oxygen atoms in total. The summed E-state index contributed by atoms with van der Waals surface area (Å²) in [6, 6.07) is 3.69. The number of alkyl halides is 2. The minimum Gasteiger partial charge on any atom is -0.268 e. The van der Waals surface area contributed by atoms with Gasteiger partial charge >= 0.3 is 0 Å². The summed E-state index contributed by atoms with van der Waals surface area (Å²) in [5, 5.41) is 1.60. The Labute approximate surface area is 156 Å². The average molecular weight is 393 g/mol. The highest BCUT2D eigenvalue weighted by Crippen LogP contribution is 2.51. The molecule has 0 saturated carbocycles. The highest BCUT2D eigenvalue weighted by Gasteiger charge is 2.57. The standard InChI is InChI=1S/C19H15F4N3S/c1-3-18(4-2)19(22,23)10-7-8-27-17(10)16(26-18)13-9-24-15-12(25-13)6-5-11(20)14(15)21/h5-9H,3-4H2,1-2H3. The molecule has 3 aromatic rings. The number of aliphatic imine (C=N–C) groups is 1. The smallest absolute Gasteiger partial charge is 0.268 e. The maximum Gasteiger partial charge on any atom is 0.299 e. The Morgan fingerprint density at radius 2 is 1.81 bits per heavy atom. The van der Waals surface area contributed by atoms with Crippen LogP contribution >= 0.6 is 11.3 Å². The molecule has 0 saturated heterocycles. The third-order valence-electron chi connectivity index (χ3n) is 5.15. The van der Waals surface area contributed by atoms with Gasteiger partial charge in [0.25, 0.3) is 5.92 Å². The Bertz CT molecular complexity index is 1070. The van der Waals surface area contributed by atoms with Crippen molar-refractivity contribution >= 4 is 28.1 Å². The fraction of sp³-hybridized carbons (Fsp3) is 0.316. The first-order chi connectivity index (χ1) is 12.8. The first kappa shape index (κ1) is 18.0. The summed E-state index contributed by atoms with van der Waals surface area (Å²) in [6.45, 7) is 3.36. The highest BCUT2D eigenvalue weighted by atomic mass is 32.1. The van der Waals surface area contributed by atoms with Gasteiger partial charge in [0.05, 0.1) is 16.6 Å². The van der Waals surface area contributed by atoms with Crippen molar-refractivity contribution in [3.05, 3.63) is 57.5 Å². The molecule has 27 heavy (non-hydrogen) atoms. The van der Waals surface area contributed by atoms with Gasteiger partial charge in [-0.05, 0) is 36.4 Å². The lowest BCUT2D eigenvalue weighted by molar-refractivity contribution is -0.0856. The van der Waals surface area contributed by atoms with Crippen molar-refractivity contribution in [2.24, 2.45) is 4.99 Å². The number of thiophene rings is 1. The zero-order chi connectivity index (χ0) is 19.4. The van der Waals surface area contributed by atoms with Gasteiger partial charge in [-0.1, -0.05) is 13.8 Å². The number of fused-ring (bicyclic) bond motifs is 2. The summed E-state index contributed by atoms with van der Waals surface area (Å²) < 4.78 is 57.6. The number of rotatable bonds is 3. The van der Waals surface area contributed by atoms with Gasteiger partial charge in [-0.3, -0.25) is 4.99 Å². The molecule has 0 N–H and O–H groups in total. The van der Waals surface area contributed by atoms with Gasteiger partial charge in [0, 0.05) is 5.56 Å². The molecule has 4 rings (SSSR count). The van der Waals surface area contributed by atoms with E-state index in [4.69, 9.17) is 0 Å². The SMILES string of the molecule is CCC1(CC)N=C(c2cnc3c(F)c(F)ccc3n2)c2sccc2C1(F)F. The number of nitrogens with zero attached hydrogens (tertiary/aromatic N) is 3. The Hall–Kier alpha value is -2.35. The van der Waals surface area contributed by atoms with Crippen molar-refractivity contribution < 1.29 is 17.6 Å². The Balaban J connectivity index is 1.96. The Morgan fingerprint density at radius 3 is 2.52 bits per heavy atom. The van der Waals surface area contributed by atoms with Gasteiger partial charge in [0.2, 0.25) is 0 Å². The number of aromatic nitrogens is 2. The van der Waals surface area contributed by atoms with Crippen molar-refractivity contribution in [2.45, 2.75) is 38.2 Å². The van der Waals surface area contributed by atoms with E-state index in [1.54, 1.807) is 19.2 Å². The highest BCUT2D eigenvalue weighted by molar-refractivity contribution is 7.12. The van der Waals surface area contributed by atoms with E-state index in [-0.39, 0.29) is 35.1 Å². The van der Waals surface area contributed by atoms with Crippen LogP contribution in [0.4, 0.5) is 17.6 Å². The molecule has 0 aliphatic carbocycles. The van der Waals surface area contributed by atoms with Gasteiger partial charge < -0.3 is 0 Å². The lowest BCUT2D eigenvalue weighted by atomic mass is 9.79. The predicted octanol–water partition coefficient (Wildman–Crippen LogP) is 5.47. The first-order valence-electron chi connectivity index (χ1n) is 8.51. The topological polar surface area (TPSA) is 38.1 Å². The molecule has 0 fully saturated rings. The lowest BCUT2D eigenvalue weighted by Crippen LogP contribution is -2.47. The fourth-order valence-corrected chi connectivity index (χ4v) is 4.42. The van der Waals surface area contributed by atoms with E-state index >= 15 is 8.78 Å². The van der Waals surface area contributed by atoms with E-state index < -0.39 is 23.1 Å². The van der Waals surface area contributed by atoms with Gasteiger partial charge in [-0.25, -0.2) is 18.7 Å². The second kappa shape index (κ2) is 6.09. The number of hydrogen-bond acceptors (Lipinski definition) is 4. The van der Waals surface area contributed by atoms with Crippen LogP contribution < -0.4 is 0 Å². The lowest BCUT2D eigenvalue weighted by Gasteiger charge is -2.39. The van der Waals surface area contributed by atoms with E-state index in [2.05, 4.69) is 15.0 Å². The minimum absolute atomic E-state index is 0.0756. The third-order valence-corrected chi connectivity index (χ3v) is 6.07. The first-order valence-corrected chi connectivity index (χ1v) is 9.39. The molecule has 1 aliphatic heterocycles. The summed E-state index contributed by atoms with van der Waals surface area (Å²) in [5.41, 5.74) is -1.14. The predicted molar refractivity (Wildman–Crippen MR) is 96.6 cm³/mol. The summed E-state index contributed by atoms with van der Waals surface area (Å²) in [4.78, 5) is 13.1. The van der Waals surface area contributed by atoms with Gasteiger partial charge in [0.1, 0.15) is 22.5 Å². The third kappa shape index (κ3) is 2.42. The van der Waals surface area contributed by atoms with Crippen molar-refractivity contribution in [3.63, 3.8) is 0 Å². The van der Waals surface area contributed by atoms with E-state index in [1.165, 1.54) is 18.3 Å². The van der Waals surface area contributed by atoms with E-state index in [1.807, 2.05) is 0 Å². The van der Waals surface area contributed by atoms with Crippen LogP contribution in [0.25, 0.3) is 11.0 Å². The monoisotopic (exact) mass is 393 g/mol. The molecule has 0 unspecified atom stereocenters. The van der Waals surface area contributed by atoms with E-state index in [0.29, 0.717) is 10.6 Å². The fourth-order valence-electron chi connectivity index (χ4n) is 3.49. The van der Waals surface area contributed by atoms with Crippen molar-refractivity contribution in [1.82, 2.24) is 9.97 Å². The van der Waals surface area contributed by atoms with Crippen LogP contribution in [0.3, 0.4) is 0 Å². The summed E-state index contributed by atoms with van der Waals surface area (Å²) in [7, 11) is 0. The zero-order valence-electron chi connectivity index (χ0n) is 14.6. The molecule has 0 atom stereocenters. The van der Waals surface area contributed by atoms with Crippen LogP contribution in [-0.2, 0) is 5.92 Å². The van der Waals surface area contributed by atoms with Crippen LogP contribution in [0.1, 0.15) is 42.8 Å². The molecule has 0 radical (unpaired) electrons. The molecule has 140 valence electrons. The molecule has 3 heterocycles. The largest absolute Gasteiger partial charge is 0.299 e. The number of halogens is 4. The molecular weight excluding hydrogens is 378 g/mol. The van der Waals surface area contributed by atoms with Gasteiger partial charge in [-0.2, -0.15) is 8.78 Å². The maximum atomic E-state index is 15.2. The van der Waals surface area contributed by atoms with Crippen LogP contribution in [0.15, 0.2) is 34.8 Å². The van der Waals surface area contributed by atoms with Crippen molar-refractivity contribution in [1.29, 1.82) is 0 Å². The second-order valence-electron chi connectivity index (χ2n) is 6.42.